The molecule has 0 aliphatic rings. The van der Waals surface area contributed by atoms with E-state index in [1.165, 1.54) is 23.5 Å². The van der Waals surface area contributed by atoms with Gasteiger partial charge < -0.3 is 10.6 Å². The Morgan fingerprint density at radius 2 is 1.96 bits per heavy atom. The molecule has 0 aliphatic carbocycles. The smallest absolute Gasteiger partial charge is 0.416 e. The van der Waals surface area contributed by atoms with E-state index in [4.69, 9.17) is 16.4 Å². The lowest BCUT2D eigenvalue weighted by Gasteiger charge is -2.13. The number of benzene rings is 2. The molecule has 138 valence electrons. The first kappa shape index (κ1) is 19.1. The quantitative estimate of drug-likeness (QED) is 0.326. The van der Waals surface area contributed by atoms with Gasteiger partial charge in [-0.25, -0.2) is 10.6 Å². The minimum atomic E-state index is -4.50. The third-order valence-corrected chi connectivity index (χ3v) is 3.21. The van der Waals surface area contributed by atoms with E-state index in [9.17, 15) is 18.0 Å². The van der Waals surface area contributed by atoms with Gasteiger partial charge in [0.1, 0.15) is 12.9 Å². The van der Waals surface area contributed by atoms with Gasteiger partial charge in [-0.1, -0.05) is 18.2 Å². The highest BCUT2D eigenvalue weighted by Gasteiger charge is 2.30. The molecule has 0 saturated carbocycles. The fraction of sp³-hybridized carbons (Fsp3) is 0.125. The van der Waals surface area contributed by atoms with Gasteiger partial charge in [0.05, 0.1) is 11.3 Å². The number of hydrazone groups is 1. The van der Waals surface area contributed by atoms with Crippen LogP contribution in [0, 0.1) is 0 Å². The molecular formula is C16H16F3N5O2. The summed E-state index contributed by atoms with van der Waals surface area (Å²) in [6.45, 7) is -0.105. The van der Waals surface area contributed by atoms with Crippen LogP contribution in [0.15, 0.2) is 53.6 Å². The molecule has 0 fully saturated rings. The summed E-state index contributed by atoms with van der Waals surface area (Å²) in [7, 11) is 0. The van der Waals surface area contributed by atoms with E-state index in [1.807, 2.05) is 0 Å². The average molecular weight is 367 g/mol. The van der Waals surface area contributed by atoms with Crippen LogP contribution in [-0.2, 0) is 17.5 Å². The maximum absolute atomic E-state index is 12.7. The summed E-state index contributed by atoms with van der Waals surface area (Å²) in [5.74, 6) is 10.7. The van der Waals surface area contributed by atoms with Crippen molar-refractivity contribution < 1.29 is 22.7 Å². The van der Waals surface area contributed by atoms with Crippen LogP contribution in [0.4, 0.5) is 29.3 Å². The zero-order valence-electron chi connectivity index (χ0n) is 13.4. The van der Waals surface area contributed by atoms with Gasteiger partial charge >= 0.3 is 12.3 Å². The highest BCUT2D eigenvalue weighted by atomic mass is 19.4. The number of halogens is 3. The lowest BCUT2D eigenvalue weighted by molar-refractivity contribution is -0.137. The summed E-state index contributed by atoms with van der Waals surface area (Å²) in [5, 5.41) is 6.71. The standard InChI is InChI=1S/C16H16F3N5O2/c17-16(18,19)12-4-2-5-13(8-12)23-15(25)26-9-11-3-1-6-14(7-11)24(21)10-22-20/h1-8,10H,9,20-21H2,(H,23,25)/b22-10-. The van der Waals surface area contributed by atoms with Gasteiger partial charge in [0.2, 0.25) is 0 Å². The van der Waals surface area contributed by atoms with E-state index >= 15 is 0 Å². The number of anilines is 2. The number of rotatable bonds is 5. The minimum Gasteiger partial charge on any atom is -0.444 e. The first-order valence-electron chi connectivity index (χ1n) is 7.27. The normalized spacial score (nSPS) is 11.4. The Hall–Kier alpha value is -3.27. The average Bonchev–Trinajstić information content (AvgIpc) is 2.60. The molecule has 5 N–H and O–H groups in total. The molecular weight excluding hydrogens is 351 g/mol. The Labute approximate surface area is 147 Å². The molecule has 2 rings (SSSR count). The van der Waals surface area contributed by atoms with Crippen molar-refractivity contribution in [2.75, 3.05) is 10.3 Å². The summed E-state index contributed by atoms with van der Waals surface area (Å²) in [4.78, 5) is 11.8. The van der Waals surface area contributed by atoms with Gasteiger partial charge in [-0.2, -0.15) is 18.3 Å². The maximum atomic E-state index is 12.7. The second-order valence-corrected chi connectivity index (χ2v) is 5.12. The lowest BCUT2D eigenvalue weighted by Crippen LogP contribution is -2.29. The molecule has 0 aliphatic heterocycles. The van der Waals surface area contributed by atoms with Crippen LogP contribution < -0.4 is 22.0 Å². The van der Waals surface area contributed by atoms with E-state index in [0.29, 0.717) is 11.3 Å². The minimum absolute atomic E-state index is 0.0223. The molecule has 1 amide bonds. The summed E-state index contributed by atoms with van der Waals surface area (Å²) >= 11 is 0. The number of nitrogens with zero attached hydrogens (tertiary/aromatic N) is 2. The van der Waals surface area contributed by atoms with Crippen molar-refractivity contribution in [3.63, 3.8) is 0 Å². The number of alkyl halides is 3. The van der Waals surface area contributed by atoms with Crippen LogP contribution in [0.3, 0.4) is 0 Å². The Morgan fingerprint density at radius 1 is 1.23 bits per heavy atom. The number of nitrogens with two attached hydrogens (primary N) is 2. The van der Waals surface area contributed by atoms with Crippen LogP contribution in [0.25, 0.3) is 0 Å². The first-order valence-corrected chi connectivity index (χ1v) is 7.27. The van der Waals surface area contributed by atoms with Crippen molar-refractivity contribution in [3.8, 4) is 0 Å². The van der Waals surface area contributed by atoms with Crippen molar-refractivity contribution in [1.82, 2.24) is 0 Å². The number of hydrogen-bond acceptors (Lipinski definition) is 5. The predicted molar refractivity (Wildman–Crippen MR) is 91.0 cm³/mol. The second kappa shape index (κ2) is 8.21. The SMILES string of the molecule is N/N=C\N(N)c1cccc(COC(=O)Nc2cccc(C(F)(F)F)c2)c1. The van der Waals surface area contributed by atoms with Gasteiger partial charge in [-0.3, -0.25) is 10.3 Å². The molecule has 2 aromatic rings. The van der Waals surface area contributed by atoms with Gasteiger partial charge in [0, 0.05) is 5.69 Å². The third kappa shape index (κ3) is 5.38. The Kier molecular flexibility index (Phi) is 6.02. The molecule has 10 heteroatoms. The molecule has 0 atom stereocenters. The molecule has 0 radical (unpaired) electrons. The maximum Gasteiger partial charge on any atom is 0.416 e. The van der Waals surface area contributed by atoms with Gasteiger partial charge in [0.25, 0.3) is 0 Å². The number of amides is 1. The molecule has 0 heterocycles. The Bertz CT molecular complexity index is 795. The fourth-order valence-electron chi connectivity index (χ4n) is 2.02. The highest BCUT2D eigenvalue weighted by molar-refractivity contribution is 5.84. The molecule has 0 bridgehead atoms. The highest BCUT2D eigenvalue weighted by Crippen LogP contribution is 2.30. The molecule has 0 saturated heterocycles. The number of nitrogens with one attached hydrogen (secondary N) is 1. The van der Waals surface area contributed by atoms with Crippen molar-refractivity contribution in [1.29, 1.82) is 0 Å². The number of carbonyl (C=O) groups excluding carboxylic acids is 1. The first-order chi connectivity index (χ1) is 12.3. The summed E-state index contributed by atoms with van der Waals surface area (Å²) in [6, 6.07) is 10.9. The summed E-state index contributed by atoms with van der Waals surface area (Å²) in [6.07, 6.45) is -4.19. The van der Waals surface area contributed by atoms with E-state index < -0.39 is 17.8 Å². The molecule has 26 heavy (non-hydrogen) atoms. The topological polar surface area (TPSA) is 106 Å². The second-order valence-electron chi connectivity index (χ2n) is 5.12. The number of hydrazine groups is 1. The van der Waals surface area contributed by atoms with E-state index in [-0.39, 0.29) is 12.3 Å². The molecule has 0 spiro atoms. The van der Waals surface area contributed by atoms with Gasteiger partial charge in [-0.15, -0.1) is 0 Å². The number of ether oxygens (including phenoxy) is 1. The molecule has 2 aromatic carbocycles. The Balaban J connectivity index is 1.96. The van der Waals surface area contributed by atoms with E-state index in [1.54, 1.807) is 24.3 Å². The van der Waals surface area contributed by atoms with Gasteiger partial charge in [-0.05, 0) is 35.9 Å². The van der Waals surface area contributed by atoms with Gasteiger partial charge in [0.15, 0.2) is 0 Å². The molecule has 7 nitrogen and oxygen atoms in total. The lowest BCUT2D eigenvalue weighted by atomic mass is 10.2. The summed E-state index contributed by atoms with van der Waals surface area (Å²) in [5.41, 5.74) is 0.277. The number of carbonyl (C=O) groups is 1. The van der Waals surface area contributed by atoms with Crippen molar-refractivity contribution >= 4 is 23.8 Å². The largest absolute Gasteiger partial charge is 0.444 e. The van der Waals surface area contributed by atoms with Crippen molar-refractivity contribution in [2.24, 2.45) is 16.8 Å². The van der Waals surface area contributed by atoms with Crippen LogP contribution >= 0.6 is 0 Å². The van der Waals surface area contributed by atoms with Crippen LogP contribution in [0.5, 0.6) is 0 Å². The predicted octanol–water partition coefficient (Wildman–Crippen LogP) is 3.04. The number of hydrogen-bond donors (Lipinski definition) is 3. The van der Waals surface area contributed by atoms with Crippen LogP contribution in [0.2, 0.25) is 0 Å². The van der Waals surface area contributed by atoms with E-state index in [0.717, 1.165) is 12.1 Å². The monoisotopic (exact) mass is 367 g/mol. The molecule has 0 unspecified atom stereocenters. The zero-order valence-corrected chi connectivity index (χ0v) is 13.4. The van der Waals surface area contributed by atoms with E-state index in [2.05, 4.69) is 10.4 Å². The fourth-order valence-corrected chi connectivity index (χ4v) is 2.02. The van der Waals surface area contributed by atoms with Crippen LogP contribution in [0.1, 0.15) is 11.1 Å². The Morgan fingerprint density at radius 3 is 2.65 bits per heavy atom. The third-order valence-electron chi connectivity index (χ3n) is 3.21. The summed E-state index contributed by atoms with van der Waals surface area (Å²) < 4.78 is 43.0. The van der Waals surface area contributed by atoms with Crippen molar-refractivity contribution in [2.45, 2.75) is 12.8 Å². The van der Waals surface area contributed by atoms with Crippen molar-refractivity contribution in [3.05, 3.63) is 59.7 Å². The van der Waals surface area contributed by atoms with Crippen LogP contribution in [-0.4, -0.2) is 12.4 Å². The molecule has 0 aromatic heterocycles. The zero-order chi connectivity index (χ0) is 19.2.